The number of rotatable bonds is 6. The maximum atomic E-state index is 11.7. The zero-order chi connectivity index (χ0) is 11.3. The molecule has 0 aliphatic heterocycles. The highest BCUT2D eigenvalue weighted by molar-refractivity contribution is 5.76. The minimum atomic E-state index is -4.12. The summed E-state index contributed by atoms with van der Waals surface area (Å²) in [5.74, 6) is -0.0861. The van der Waals surface area contributed by atoms with Gasteiger partial charge in [-0.3, -0.25) is 4.79 Å². The number of alkyl halides is 3. The summed E-state index contributed by atoms with van der Waals surface area (Å²) in [4.78, 5) is 11.1. The monoisotopic (exact) mass is 224 g/mol. The van der Waals surface area contributed by atoms with Crippen LogP contribution in [0.5, 0.6) is 0 Å². The summed E-state index contributed by atoms with van der Waals surface area (Å²) in [5.41, 5.74) is 0. The Morgan fingerprint density at radius 3 is 2.47 bits per heavy atom. The molecule has 1 saturated carbocycles. The molecule has 88 valence electrons. The van der Waals surface area contributed by atoms with Gasteiger partial charge >= 0.3 is 6.18 Å². The van der Waals surface area contributed by atoms with E-state index in [9.17, 15) is 18.0 Å². The lowest BCUT2D eigenvalue weighted by Gasteiger charge is -2.07. The van der Waals surface area contributed by atoms with Gasteiger partial charge in [-0.1, -0.05) is 0 Å². The van der Waals surface area contributed by atoms with Crippen molar-refractivity contribution in [1.29, 1.82) is 0 Å². The maximum absolute atomic E-state index is 11.7. The van der Waals surface area contributed by atoms with Crippen molar-refractivity contribution < 1.29 is 18.0 Å². The molecule has 0 bridgehead atoms. The number of carbonyl (C=O) groups excluding carboxylic acids is 1. The van der Waals surface area contributed by atoms with E-state index in [2.05, 4.69) is 10.6 Å². The largest absolute Gasteiger partial charge is 0.390 e. The molecule has 0 aromatic rings. The molecule has 0 spiro atoms. The van der Waals surface area contributed by atoms with Crippen LogP contribution < -0.4 is 10.6 Å². The second-order valence-corrected chi connectivity index (χ2v) is 3.71. The SMILES string of the molecule is O=C(CCNCCC(F)(F)F)NC1CC1. The van der Waals surface area contributed by atoms with Crippen LogP contribution in [0.3, 0.4) is 0 Å². The number of nitrogens with one attached hydrogen (secondary N) is 2. The topological polar surface area (TPSA) is 41.1 Å². The molecule has 1 aliphatic rings. The third-order valence-electron chi connectivity index (χ3n) is 2.06. The lowest BCUT2D eigenvalue weighted by molar-refractivity contribution is -0.133. The van der Waals surface area contributed by atoms with E-state index >= 15 is 0 Å². The van der Waals surface area contributed by atoms with Crippen LogP contribution in [0, 0.1) is 0 Å². The summed E-state index contributed by atoms with van der Waals surface area (Å²) < 4.78 is 35.1. The van der Waals surface area contributed by atoms with Crippen LogP contribution in [-0.4, -0.2) is 31.2 Å². The van der Waals surface area contributed by atoms with Gasteiger partial charge < -0.3 is 10.6 Å². The Hall–Kier alpha value is -0.780. The smallest absolute Gasteiger partial charge is 0.353 e. The fraction of sp³-hybridized carbons (Fsp3) is 0.889. The Kier molecular flexibility index (Phi) is 4.38. The zero-order valence-corrected chi connectivity index (χ0v) is 8.36. The van der Waals surface area contributed by atoms with Gasteiger partial charge in [-0.2, -0.15) is 13.2 Å². The van der Waals surface area contributed by atoms with E-state index in [1.165, 1.54) is 0 Å². The van der Waals surface area contributed by atoms with E-state index in [0.717, 1.165) is 12.8 Å². The van der Waals surface area contributed by atoms with Gasteiger partial charge in [-0.15, -0.1) is 0 Å². The quantitative estimate of drug-likeness (QED) is 0.665. The summed E-state index contributed by atoms with van der Waals surface area (Å²) in [6.45, 7) is 0.175. The van der Waals surface area contributed by atoms with Crippen LogP contribution in [0.2, 0.25) is 0 Å². The van der Waals surface area contributed by atoms with E-state index in [1.807, 2.05) is 0 Å². The lowest BCUT2D eigenvalue weighted by atomic mass is 10.3. The maximum Gasteiger partial charge on any atom is 0.390 e. The summed E-state index contributed by atoms with van der Waals surface area (Å²) >= 11 is 0. The van der Waals surface area contributed by atoms with Gasteiger partial charge in [0, 0.05) is 25.6 Å². The van der Waals surface area contributed by atoms with Crippen molar-refractivity contribution in [1.82, 2.24) is 10.6 Å². The molecular formula is C9H15F3N2O. The van der Waals surface area contributed by atoms with Crippen LogP contribution in [0.25, 0.3) is 0 Å². The van der Waals surface area contributed by atoms with E-state index in [4.69, 9.17) is 0 Å². The van der Waals surface area contributed by atoms with Gasteiger partial charge in [0.1, 0.15) is 0 Å². The predicted octanol–water partition coefficient (Wildman–Crippen LogP) is 1.20. The molecule has 1 amide bonds. The molecule has 0 heterocycles. The van der Waals surface area contributed by atoms with Crippen molar-refractivity contribution in [3.8, 4) is 0 Å². The Balaban J connectivity index is 1.89. The normalized spacial score (nSPS) is 16.5. The predicted molar refractivity (Wildman–Crippen MR) is 49.3 cm³/mol. The average molecular weight is 224 g/mol. The van der Waals surface area contributed by atoms with Crippen molar-refractivity contribution >= 4 is 5.91 Å². The number of halogens is 3. The Bertz CT molecular complexity index is 214. The highest BCUT2D eigenvalue weighted by atomic mass is 19.4. The van der Waals surface area contributed by atoms with Crippen molar-refractivity contribution in [2.75, 3.05) is 13.1 Å². The molecule has 3 nitrogen and oxygen atoms in total. The molecule has 0 saturated heterocycles. The van der Waals surface area contributed by atoms with Gasteiger partial charge in [0.15, 0.2) is 0 Å². The van der Waals surface area contributed by atoms with E-state index < -0.39 is 12.6 Å². The summed E-state index contributed by atoms with van der Waals surface area (Å²) in [7, 11) is 0. The fourth-order valence-electron chi connectivity index (χ4n) is 1.08. The Morgan fingerprint density at radius 1 is 1.27 bits per heavy atom. The molecule has 15 heavy (non-hydrogen) atoms. The Labute approximate surface area is 86.4 Å². The van der Waals surface area contributed by atoms with Crippen LogP contribution >= 0.6 is 0 Å². The third kappa shape index (κ3) is 7.18. The molecule has 1 rings (SSSR count). The van der Waals surface area contributed by atoms with Gasteiger partial charge in [-0.25, -0.2) is 0 Å². The first-order valence-corrected chi connectivity index (χ1v) is 5.04. The standard InChI is InChI=1S/C9H15F3N2O/c10-9(11,12)4-6-13-5-3-8(15)14-7-1-2-7/h7,13H,1-6H2,(H,14,15). The first-order chi connectivity index (χ1) is 6.97. The molecule has 0 aromatic heterocycles. The minimum absolute atomic E-state index is 0.0861. The van der Waals surface area contributed by atoms with Crippen molar-refractivity contribution in [3.63, 3.8) is 0 Å². The molecule has 0 radical (unpaired) electrons. The van der Waals surface area contributed by atoms with Crippen molar-refractivity contribution in [2.24, 2.45) is 0 Å². The zero-order valence-electron chi connectivity index (χ0n) is 8.36. The van der Waals surface area contributed by atoms with Gasteiger partial charge in [0.05, 0.1) is 6.42 Å². The van der Waals surface area contributed by atoms with Crippen molar-refractivity contribution in [3.05, 3.63) is 0 Å². The number of carbonyl (C=O) groups is 1. The van der Waals surface area contributed by atoms with Crippen molar-refractivity contribution in [2.45, 2.75) is 37.9 Å². The molecule has 1 aliphatic carbocycles. The molecule has 0 atom stereocenters. The molecule has 0 aromatic carbocycles. The van der Waals surface area contributed by atoms with E-state index in [0.29, 0.717) is 12.6 Å². The molecule has 1 fully saturated rings. The average Bonchev–Trinajstić information content (AvgIpc) is 2.85. The molecular weight excluding hydrogens is 209 g/mol. The lowest BCUT2D eigenvalue weighted by Crippen LogP contribution is -2.30. The first-order valence-electron chi connectivity index (χ1n) is 5.04. The molecule has 6 heteroatoms. The fourth-order valence-corrected chi connectivity index (χ4v) is 1.08. The Morgan fingerprint density at radius 2 is 1.93 bits per heavy atom. The minimum Gasteiger partial charge on any atom is -0.353 e. The highest BCUT2D eigenvalue weighted by Gasteiger charge is 2.26. The van der Waals surface area contributed by atoms with Crippen LogP contribution in [0.15, 0.2) is 0 Å². The summed E-state index contributed by atoms with van der Waals surface area (Å²) in [6, 6.07) is 0.313. The molecule has 2 N–H and O–H groups in total. The van der Waals surface area contributed by atoms with Gasteiger partial charge in [0.25, 0.3) is 0 Å². The second kappa shape index (κ2) is 5.34. The van der Waals surface area contributed by atoms with Crippen LogP contribution in [0.4, 0.5) is 13.2 Å². The third-order valence-corrected chi connectivity index (χ3v) is 2.06. The number of hydrogen-bond acceptors (Lipinski definition) is 2. The van der Waals surface area contributed by atoms with Gasteiger partial charge in [0.2, 0.25) is 5.91 Å². The van der Waals surface area contributed by atoms with E-state index in [1.54, 1.807) is 0 Å². The highest BCUT2D eigenvalue weighted by Crippen LogP contribution is 2.19. The van der Waals surface area contributed by atoms with Crippen LogP contribution in [0.1, 0.15) is 25.7 Å². The second-order valence-electron chi connectivity index (χ2n) is 3.71. The number of amides is 1. The summed E-state index contributed by atoms with van der Waals surface area (Å²) in [5, 5.41) is 5.35. The van der Waals surface area contributed by atoms with E-state index in [-0.39, 0.29) is 18.9 Å². The summed E-state index contributed by atoms with van der Waals surface area (Å²) in [6.07, 6.45) is -2.69. The number of hydrogen-bond donors (Lipinski definition) is 2. The molecule has 0 unspecified atom stereocenters. The van der Waals surface area contributed by atoms with Crippen LogP contribution in [-0.2, 0) is 4.79 Å². The first kappa shape index (κ1) is 12.3. The van der Waals surface area contributed by atoms with Gasteiger partial charge in [-0.05, 0) is 12.8 Å².